The van der Waals surface area contributed by atoms with Crippen molar-refractivity contribution >= 4 is 12.2 Å². The lowest BCUT2D eigenvalue weighted by Gasteiger charge is -2.29. The van der Waals surface area contributed by atoms with E-state index in [4.69, 9.17) is 24.4 Å². The van der Waals surface area contributed by atoms with Gasteiger partial charge in [-0.05, 0) is 118 Å². The number of carbonyl (C=O) groups excluding carboxylic acids is 1. The minimum Gasteiger partial charge on any atom is -0.496 e. The highest BCUT2D eigenvalue weighted by atomic mass is 16.5. The first-order valence-corrected chi connectivity index (χ1v) is 22.3. The standard InChI is InChI=1S/C20H28O4.C17H25NO.2C4H8.C4H10/c1-3-13-22-14-15-23-18-9-11-19(12-10-18)24-20(21)17-7-5-16(4-2)6-8-17;1-3-4-13-5-7-14(8-6-13)15-9-10-17(19-2)16(11-15)12-18;2*1-2-4-3-1;1-3-4-2/h4,9-12,16-17H,2-3,5-8,13-15H2,1H3;9-14,18H,3-8H2,1-2H3;2*1-4H2;3-4H2,1-2H3. The van der Waals surface area contributed by atoms with Gasteiger partial charge in [0.2, 0.25) is 0 Å². The third-order valence-electron chi connectivity index (χ3n) is 11.2. The van der Waals surface area contributed by atoms with Crippen molar-refractivity contribution in [1.82, 2.24) is 0 Å². The zero-order valence-corrected chi connectivity index (χ0v) is 35.7. The molecule has 0 radical (unpaired) electrons. The molecule has 0 spiro atoms. The Kier molecular flexibility index (Phi) is 27.1. The molecule has 6 nitrogen and oxygen atoms in total. The van der Waals surface area contributed by atoms with Crippen LogP contribution in [0.3, 0.4) is 0 Å². The van der Waals surface area contributed by atoms with Crippen molar-refractivity contribution in [3.8, 4) is 17.2 Å². The van der Waals surface area contributed by atoms with Crippen LogP contribution in [-0.2, 0) is 9.53 Å². The van der Waals surface area contributed by atoms with E-state index < -0.39 is 0 Å². The molecule has 4 saturated carbocycles. The largest absolute Gasteiger partial charge is 0.496 e. The Morgan fingerprint density at radius 2 is 1.29 bits per heavy atom. The number of hydrogen-bond donors (Lipinski definition) is 1. The van der Waals surface area contributed by atoms with Crippen LogP contribution >= 0.6 is 0 Å². The molecule has 0 bridgehead atoms. The number of ether oxygens (including phenoxy) is 4. The molecular weight excluding hydrogens is 683 g/mol. The molecule has 0 unspecified atom stereocenters. The summed E-state index contributed by atoms with van der Waals surface area (Å²) in [5.74, 6) is 4.18. The molecule has 55 heavy (non-hydrogen) atoms. The third-order valence-corrected chi connectivity index (χ3v) is 11.2. The second-order valence-electron chi connectivity index (χ2n) is 15.7. The molecule has 310 valence electrons. The fourth-order valence-electron chi connectivity index (χ4n) is 6.67. The third kappa shape index (κ3) is 20.6. The molecule has 0 aromatic heterocycles. The van der Waals surface area contributed by atoms with E-state index in [9.17, 15) is 4.79 Å². The van der Waals surface area contributed by atoms with E-state index in [0.717, 1.165) is 61.7 Å². The van der Waals surface area contributed by atoms with E-state index in [-0.39, 0.29) is 11.9 Å². The quantitative estimate of drug-likeness (QED) is 0.0643. The molecule has 6 heteroatoms. The summed E-state index contributed by atoms with van der Waals surface area (Å²) in [6, 6.07) is 13.5. The molecule has 0 aliphatic heterocycles. The van der Waals surface area contributed by atoms with Crippen molar-refractivity contribution in [2.75, 3.05) is 26.9 Å². The fraction of sp³-hybridized carbons (Fsp3) is 0.673. The molecule has 4 aliphatic carbocycles. The number of unbranched alkanes of at least 4 members (excludes halogenated alkanes) is 1. The van der Waals surface area contributed by atoms with Gasteiger partial charge in [-0.1, -0.05) is 117 Å². The summed E-state index contributed by atoms with van der Waals surface area (Å²) in [7, 11) is 1.66. The molecule has 2 aromatic rings. The maximum atomic E-state index is 12.2. The molecule has 1 N–H and O–H groups in total. The number of methoxy groups -OCH3 is 1. The van der Waals surface area contributed by atoms with Gasteiger partial charge in [0, 0.05) is 18.4 Å². The summed E-state index contributed by atoms with van der Waals surface area (Å²) < 4.78 is 21.7. The van der Waals surface area contributed by atoms with Crippen LogP contribution in [0, 0.1) is 23.2 Å². The fourth-order valence-corrected chi connectivity index (χ4v) is 6.67. The molecule has 0 atom stereocenters. The van der Waals surface area contributed by atoms with Crippen molar-refractivity contribution in [2.45, 2.75) is 168 Å². The Balaban J connectivity index is 0.000000295. The predicted molar refractivity (Wildman–Crippen MR) is 232 cm³/mol. The minimum atomic E-state index is -0.126. The van der Waals surface area contributed by atoms with Crippen LogP contribution in [0.2, 0.25) is 0 Å². The van der Waals surface area contributed by atoms with Crippen LogP contribution in [0.1, 0.15) is 180 Å². The molecule has 0 amide bonds. The molecule has 2 aromatic carbocycles. The van der Waals surface area contributed by atoms with Crippen LogP contribution < -0.4 is 14.2 Å². The first kappa shape index (κ1) is 48.0. The molecular formula is C49H79NO5. The molecule has 6 rings (SSSR count). The summed E-state index contributed by atoms with van der Waals surface area (Å²) in [5.41, 5.74) is 2.28. The van der Waals surface area contributed by atoms with Gasteiger partial charge in [-0.15, -0.1) is 6.58 Å². The molecule has 4 fully saturated rings. The van der Waals surface area contributed by atoms with Crippen LogP contribution in [0.4, 0.5) is 0 Å². The van der Waals surface area contributed by atoms with Gasteiger partial charge < -0.3 is 24.4 Å². The van der Waals surface area contributed by atoms with Crippen molar-refractivity contribution in [2.24, 2.45) is 17.8 Å². The average Bonchev–Trinajstić information content (AvgIpc) is 3.17. The Morgan fingerprint density at radius 1 is 0.709 bits per heavy atom. The van der Waals surface area contributed by atoms with Gasteiger partial charge in [-0.2, -0.15) is 0 Å². The second kappa shape index (κ2) is 31.0. The van der Waals surface area contributed by atoms with E-state index in [1.807, 2.05) is 24.3 Å². The summed E-state index contributed by atoms with van der Waals surface area (Å²) in [5, 5.41) is 7.48. The van der Waals surface area contributed by atoms with E-state index >= 15 is 0 Å². The maximum absolute atomic E-state index is 12.2. The zero-order valence-electron chi connectivity index (χ0n) is 35.7. The second-order valence-corrected chi connectivity index (χ2v) is 15.7. The Bertz CT molecular complexity index is 1230. The highest BCUT2D eigenvalue weighted by Crippen LogP contribution is 2.38. The monoisotopic (exact) mass is 762 g/mol. The number of nitrogens with one attached hydrogen (secondary N) is 1. The number of carbonyl (C=O) groups is 1. The Morgan fingerprint density at radius 3 is 1.76 bits per heavy atom. The van der Waals surface area contributed by atoms with Gasteiger partial charge in [0.25, 0.3) is 0 Å². The van der Waals surface area contributed by atoms with Crippen molar-refractivity contribution < 1.29 is 23.7 Å². The number of esters is 1. The number of allylic oxidation sites excluding steroid dienone is 1. The molecule has 0 saturated heterocycles. The van der Waals surface area contributed by atoms with Gasteiger partial charge in [0.15, 0.2) is 0 Å². The highest BCUT2D eigenvalue weighted by Gasteiger charge is 2.26. The minimum absolute atomic E-state index is 0.00726. The Labute approximate surface area is 337 Å². The van der Waals surface area contributed by atoms with E-state index in [1.54, 1.807) is 19.2 Å². The first-order chi connectivity index (χ1) is 26.9. The van der Waals surface area contributed by atoms with Crippen LogP contribution in [0.5, 0.6) is 17.2 Å². The maximum Gasteiger partial charge on any atom is 0.314 e. The topological polar surface area (TPSA) is 77.8 Å². The van der Waals surface area contributed by atoms with Crippen molar-refractivity contribution in [3.63, 3.8) is 0 Å². The van der Waals surface area contributed by atoms with Crippen molar-refractivity contribution in [1.29, 1.82) is 5.41 Å². The highest BCUT2D eigenvalue weighted by molar-refractivity contribution is 5.81. The zero-order chi connectivity index (χ0) is 39.9. The van der Waals surface area contributed by atoms with Crippen LogP contribution in [0.25, 0.3) is 0 Å². The average molecular weight is 762 g/mol. The summed E-state index contributed by atoms with van der Waals surface area (Å²) in [4.78, 5) is 12.2. The van der Waals surface area contributed by atoms with Gasteiger partial charge >= 0.3 is 5.97 Å². The van der Waals surface area contributed by atoms with Crippen LogP contribution in [0.15, 0.2) is 55.1 Å². The van der Waals surface area contributed by atoms with Gasteiger partial charge in [-0.25, -0.2) is 0 Å². The van der Waals surface area contributed by atoms with Gasteiger partial charge in [0.1, 0.15) is 23.9 Å². The Hall–Kier alpha value is -3.12. The lowest BCUT2D eigenvalue weighted by Crippen LogP contribution is -2.25. The lowest BCUT2D eigenvalue weighted by molar-refractivity contribution is -0.140. The number of rotatable bonds is 15. The molecule has 0 heterocycles. The molecule has 4 aliphatic rings. The lowest BCUT2D eigenvalue weighted by atomic mass is 9.77. The summed E-state index contributed by atoms with van der Waals surface area (Å²) in [6.07, 6.45) is 30.9. The number of hydrogen-bond acceptors (Lipinski definition) is 6. The summed E-state index contributed by atoms with van der Waals surface area (Å²) in [6.45, 7) is 14.4. The normalized spacial score (nSPS) is 20.9. The SMILES string of the molecule is C1CCC1.C1CCC1.C=CC1CCC(C(=O)Oc2ccc(OCCOCCC)cc2)CC1.CCCC.CCCC1CCC(c2ccc(OC)c(C=N)c2)CC1. The van der Waals surface area contributed by atoms with Crippen LogP contribution in [-0.4, -0.2) is 39.1 Å². The van der Waals surface area contributed by atoms with Gasteiger partial charge in [0.05, 0.1) is 19.6 Å². The summed E-state index contributed by atoms with van der Waals surface area (Å²) >= 11 is 0. The smallest absolute Gasteiger partial charge is 0.314 e. The number of benzene rings is 2. The van der Waals surface area contributed by atoms with E-state index in [1.165, 1.54) is 115 Å². The van der Waals surface area contributed by atoms with E-state index in [0.29, 0.717) is 30.8 Å². The first-order valence-electron chi connectivity index (χ1n) is 22.3. The van der Waals surface area contributed by atoms with E-state index in [2.05, 4.69) is 46.4 Å². The predicted octanol–water partition coefficient (Wildman–Crippen LogP) is 14.1. The van der Waals surface area contributed by atoms with Crippen molar-refractivity contribution in [3.05, 3.63) is 66.2 Å². The van der Waals surface area contributed by atoms with Gasteiger partial charge in [-0.3, -0.25) is 4.79 Å².